The Hall–Kier alpha value is -3.30. The van der Waals surface area contributed by atoms with Gasteiger partial charge in [-0.05, 0) is 56.1 Å². The highest BCUT2D eigenvalue weighted by molar-refractivity contribution is 6.02. The molecule has 2 aromatic carbocycles. The summed E-state index contributed by atoms with van der Waals surface area (Å²) >= 11 is 0. The molecule has 2 N–H and O–H groups in total. The minimum absolute atomic E-state index is 0.112. The highest BCUT2D eigenvalue weighted by Gasteiger charge is 2.28. The SMILES string of the molecule is CCCN1C[C@@H](C)[C@@H](OC)CN(C)C(=O)c2cc(NC(=O)Nc3cccc(OC)c3)ccc2OC[C@@H]1C. The Morgan fingerprint density at radius 1 is 1.08 bits per heavy atom. The molecule has 3 amide bonds. The van der Waals surface area contributed by atoms with Gasteiger partial charge in [-0.3, -0.25) is 9.69 Å². The quantitative estimate of drug-likeness (QED) is 0.590. The summed E-state index contributed by atoms with van der Waals surface area (Å²) < 4.78 is 17.2. The van der Waals surface area contributed by atoms with Crippen LogP contribution in [-0.4, -0.2) is 81.4 Å². The zero-order chi connectivity index (χ0) is 26.9. The number of anilines is 2. The Kier molecular flexibility index (Phi) is 10.2. The van der Waals surface area contributed by atoms with Crippen molar-refractivity contribution in [2.45, 2.75) is 39.3 Å². The van der Waals surface area contributed by atoms with Crippen molar-refractivity contribution in [1.82, 2.24) is 9.80 Å². The van der Waals surface area contributed by atoms with Gasteiger partial charge in [-0.1, -0.05) is 19.9 Å². The van der Waals surface area contributed by atoms with Gasteiger partial charge in [-0.2, -0.15) is 0 Å². The van der Waals surface area contributed by atoms with Gasteiger partial charge in [-0.15, -0.1) is 0 Å². The summed E-state index contributed by atoms with van der Waals surface area (Å²) in [5.41, 5.74) is 1.46. The summed E-state index contributed by atoms with van der Waals surface area (Å²) in [5, 5.41) is 5.59. The van der Waals surface area contributed by atoms with Gasteiger partial charge in [0.15, 0.2) is 0 Å². The molecule has 0 radical (unpaired) electrons. The molecule has 0 saturated heterocycles. The molecule has 9 heteroatoms. The van der Waals surface area contributed by atoms with Crippen LogP contribution in [0.25, 0.3) is 0 Å². The minimum atomic E-state index is -0.430. The van der Waals surface area contributed by atoms with Crippen LogP contribution in [0.5, 0.6) is 11.5 Å². The smallest absolute Gasteiger partial charge is 0.323 e. The third-order valence-corrected chi connectivity index (χ3v) is 6.67. The molecule has 0 saturated carbocycles. The molecule has 0 spiro atoms. The fourth-order valence-electron chi connectivity index (χ4n) is 4.52. The zero-order valence-corrected chi connectivity index (χ0v) is 22.7. The van der Waals surface area contributed by atoms with Crippen LogP contribution < -0.4 is 20.1 Å². The number of nitrogens with zero attached hydrogens (tertiary/aromatic N) is 2. The van der Waals surface area contributed by atoms with Crippen molar-refractivity contribution < 1.29 is 23.8 Å². The van der Waals surface area contributed by atoms with E-state index in [4.69, 9.17) is 14.2 Å². The van der Waals surface area contributed by atoms with E-state index >= 15 is 0 Å². The summed E-state index contributed by atoms with van der Waals surface area (Å²) in [7, 11) is 5.02. The van der Waals surface area contributed by atoms with E-state index < -0.39 is 6.03 Å². The minimum Gasteiger partial charge on any atom is -0.497 e. The summed E-state index contributed by atoms with van der Waals surface area (Å²) in [4.78, 5) is 30.2. The summed E-state index contributed by atoms with van der Waals surface area (Å²) in [6.07, 6.45) is 0.926. The maximum absolute atomic E-state index is 13.5. The number of carbonyl (C=O) groups excluding carboxylic acids is 2. The molecular weight excluding hydrogens is 472 g/mol. The fraction of sp³-hybridized carbons (Fsp3) is 0.500. The monoisotopic (exact) mass is 512 g/mol. The van der Waals surface area contributed by atoms with Crippen molar-refractivity contribution in [1.29, 1.82) is 0 Å². The molecule has 1 aliphatic rings. The van der Waals surface area contributed by atoms with Crippen molar-refractivity contribution in [3.63, 3.8) is 0 Å². The lowest BCUT2D eigenvalue weighted by atomic mass is 10.0. The van der Waals surface area contributed by atoms with Crippen LogP contribution in [0.2, 0.25) is 0 Å². The average molecular weight is 513 g/mol. The number of likely N-dealkylation sites (N-methyl/N-ethyl adjacent to an activating group) is 1. The first-order valence-electron chi connectivity index (χ1n) is 12.8. The topological polar surface area (TPSA) is 92.4 Å². The second kappa shape index (κ2) is 13.3. The van der Waals surface area contributed by atoms with Crippen molar-refractivity contribution in [2.24, 2.45) is 5.92 Å². The number of hydrogen-bond acceptors (Lipinski definition) is 6. The lowest BCUT2D eigenvalue weighted by Gasteiger charge is -2.35. The average Bonchev–Trinajstić information content (AvgIpc) is 2.89. The second-order valence-electron chi connectivity index (χ2n) is 9.61. The maximum atomic E-state index is 13.5. The Balaban J connectivity index is 1.85. The zero-order valence-electron chi connectivity index (χ0n) is 22.7. The molecule has 0 fully saturated rings. The van der Waals surface area contributed by atoms with Crippen molar-refractivity contribution in [3.8, 4) is 11.5 Å². The number of nitrogens with one attached hydrogen (secondary N) is 2. The van der Waals surface area contributed by atoms with Crippen molar-refractivity contribution in [2.75, 3.05) is 58.1 Å². The molecule has 1 heterocycles. The number of urea groups is 1. The molecule has 202 valence electrons. The van der Waals surface area contributed by atoms with Gasteiger partial charge in [0.2, 0.25) is 0 Å². The first kappa shape index (κ1) is 28.3. The van der Waals surface area contributed by atoms with Crippen LogP contribution in [0.3, 0.4) is 0 Å². The Bertz CT molecular complexity index is 1060. The van der Waals surface area contributed by atoms with Crippen LogP contribution in [0.4, 0.5) is 16.2 Å². The first-order valence-corrected chi connectivity index (χ1v) is 12.8. The summed E-state index contributed by atoms with van der Waals surface area (Å²) in [5.74, 6) is 1.15. The molecular formula is C28H40N4O5. The number of rotatable bonds is 6. The standard InChI is InChI=1S/C28H40N4O5/c1-7-13-32-16-19(2)26(36-6)17-31(4)27(33)24-15-22(11-12-25(24)37-18-20(32)3)30-28(34)29-21-9-8-10-23(14-21)35-5/h8-12,14-15,19-20,26H,7,13,16-18H2,1-6H3,(H2,29,30,34)/t19-,20+,26+/m1/s1. The van der Waals surface area contributed by atoms with Gasteiger partial charge in [0.25, 0.3) is 5.91 Å². The van der Waals surface area contributed by atoms with Crippen LogP contribution in [-0.2, 0) is 4.74 Å². The Labute approximate surface area is 220 Å². The molecule has 9 nitrogen and oxygen atoms in total. The van der Waals surface area contributed by atoms with E-state index in [-0.39, 0.29) is 24.0 Å². The fourth-order valence-corrected chi connectivity index (χ4v) is 4.52. The highest BCUT2D eigenvalue weighted by atomic mass is 16.5. The number of carbonyl (C=O) groups is 2. The molecule has 0 unspecified atom stereocenters. The van der Waals surface area contributed by atoms with E-state index in [0.29, 0.717) is 41.6 Å². The maximum Gasteiger partial charge on any atom is 0.323 e. The normalized spacial score (nSPS) is 21.2. The molecule has 0 bridgehead atoms. The summed E-state index contributed by atoms with van der Waals surface area (Å²) in [6, 6.07) is 11.9. The van der Waals surface area contributed by atoms with E-state index in [2.05, 4.69) is 36.3 Å². The molecule has 1 aliphatic heterocycles. The van der Waals surface area contributed by atoms with Gasteiger partial charge in [-0.25, -0.2) is 4.79 Å². The van der Waals surface area contributed by atoms with E-state index in [1.165, 1.54) is 0 Å². The lowest BCUT2D eigenvalue weighted by Crippen LogP contribution is -2.46. The molecule has 3 rings (SSSR count). The molecule has 3 atom stereocenters. The largest absolute Gasteiger partial charge is 0.497 e. The van der Waals surface area contributed by atoms with Gasteiger partial charge in [0.1, 0.15) is 18.1 Å². The number of hydrogen-bond donors (Lipinski definition) is 2. The molecule has 0 aromatic heterocycles. The van der Waals surface area contributed by atoms with Gasteiger partial charge in [0.05, 0.1) is 18.8 Å². The van der Waals surface area contributed by atoms with Crippen LogP contribution in [0.15, 0.2) is 42.5 Å². The van der Waals surface area contributed by atoms with E-state index in [1.807, 2.05) is 0 Å². The number of methoxy groups -OCH3 is 2. The predicted molar refractivity (Wildman–Crippen MR) is 146 cm³/mol. The van der Waals surface area contributed by atoms with Crippen LogP contribution in [0.1, 0.15) is 37.6 Å². The highest BCUT2D eigenvalue weighted by Crippen LogP contribution is 2.27. The van der Waals surface area contributed by atoms with Gasteiger partial charge < -0.3 is 29.7 Å². The number of fused-ring (bicyclic) bond motifs is 1. The third kappa shape index (κ3) is 7.60. The number of benzene rings is 2. The lowest BCUT2D eigenvalue weighted by molar-refractivity contribution is 0.0108. The van der Waals surface area contributed by atoms with E-state index in [9.17, 15) is 9.59 Å². The van der Waals surface area contributed by atoms with Crippen LogP contribution in [0, 0.1) is 5.92 Å². The Morgan fingerprint density at radius 2 is 1.81 bits per heavy atom. The van der Waals surface area contributed by atoms with E-state index in [0.717, 1.165) is 19.5 Å². The second-order valence-corrected chi connectivity index (χ2v) is 9.61. The molecule has 2 aromatic rings. The van der Waals surface area contributed by atoms with E-state index in [1.54, 1.807) is 68.6 Å². The van der Waals surface area contributed by atoms with Gasteiger partial charge >= 0.3 is 6.03 Å². The van der Waals surface area contributed by atoms with Crippen molar-refractivity contribution >= 4 is 23.3 Å². The summed E-state index contributed by atoms with van der Waals surface area (Å²) in [6.45, 7) is 9.17. The third-order valence-electron chi connectivity index (χ3n) is 6.67. The van der Waals surface area contributed by atoms with Crippen LogP contribution >= 0.6 is 0 Å². The van der Waals surface area contributed by atoms with Crippen molar-refractivity contribution in [3.05, 3.63) is 48.0 Å². The number of amides is 3. The Morgan fingerprint density at radius 3 is 2.49 bits per heavy atom. The molecule has 0 aliphatic carbocycles. The molecule has 37 heavy (non-hydrogen) atoms. The number of ether oxygens (including phenoxy) is 3. The van der Waals surface area contributed by atoms with Gasteiger partial charge in [0, 0.05) is 50.7 Å². The predicted octanol–water partition coefficient (Wildman–Crippen LogP) is 4.56. The first-order chi connectivity index (χ1) is 17.7.